The van der Waals surface area contributed by atoms with Gasteiger partial charge in [0.25, 0.3) is 0 Å². The lowest BCUT2D eigenvalue weighted by Crippen LogP contribution is -2.44. The molecule has 0 spiro atoms. The first kappa shape index (κ1) is 16.0. The molecular weight excluding hydrogens is 236 g/mol. The van der Waals surface area contributed by atoms with Crippen molar-refractivity contribution in [2.75, 3.05) is 26.7 Å². The topological polar surface area (TPSA) is 38.5 Å². The zero-order chi connectivity index (χ0) is 14.5. The summed E-state index contributed by atoms with van der Waals surface area (Å²) in [5.41, 5.74) is 8.45. The number of hydrogen-bond acceptors (Lipinski definition) is 3. The van der Waals surface area contributed by atoms with E-state index in [0.717, 1.165) is 25.3 Å². The summed E-state index contributed by atoms with van der Waals surface area (Å²) in [4.78, 5) is 2.28. The molecule has 19 heavy (non-hydrogen) atoms. The smallest absolute Gasteiger partial charge is 0.122 e. The number of likely N-dealkylation sites (N-methyl/N-ethyl adjacent to an activating group) is 1. The SMILES string of the molecule is CCOc1ccc(CCN(C)CC(C)(C)N)cc1C. The van der Waals surface area contributed by atoms with E-state index >= 15 is 0 Å². The van der Waals surface area contributed by atoms with Crippen LogP contribution in [0.5, 0.6) is 5.75 Å². The van der Waals surface area contributed by atoms with E-state index in [2.05, 4.69) is 50.9 Å². The summed E-state index contributed by atoms with van der Waals surface area (Å²) in [5.74, 6) is 0.989. The van der Waals surface area contributed by atoms with E-state index in [0.29, 0.717) is 6.61 Å². The maximum Gasteiger partial charge on any atom is 0.122 e. The highest BCUT2D eigenvalue weighted by Gasteiger charge is 2.13. The summed E-state index contributed by atoms with van der Waals surface area (Å²) < 4.78 is 5.56. The molecule has 0 saturated carbocycles. The van der Waals surface area contributed by atoms with Crippen molar-refractivity contribution in [1.29, 1.82) is 0 Å². The van der Waals surface area contributed by atoms with Crippen molar-refractivity contribution >= 4 is 0 Å². The number of rotatable bonds is 7. The zero-order valence-corrected chi connectivity index (χ0v) is 13.0. The fourth-order valence-electron chi connectivity index (χ4n) is 2.28. The van der Waals surface area contributed by atoms with E-state index in [1.54, 1.807) is 0 Å². The molecule has 3 nitrogen and oxygen atoms in total. The molecule has 0 fully saturated rings. The Balaban J connectivity index is 2.52. The van der Waals surface area contributed by atoms with Gasteiger partial charge in [-0.05, 0) is 58.4 Å². The number of ether oxygens (including phenoxy) is 1. The molecule has 0 amide bonds. The maximum atomic E-state index is 6.02. The van der Waals surface area contributed by atoms with Gasteiger partial charge in [-0.1, -0.05) is 12.1 Å². The Morgan fingerprint density at radius 3 is 2.53 bits per heavy atom. The molecule has 0 aromatic heterocycles. The van der Waals surface area contributed by atoms with E-state index in [9.17, 15) is 0 Å². The molecule has 0 unspecified atom stereocenters. The van der Waals surface area contributed by atoms with E-state index in [1.807, 2.05) is 6.92 Å². The first-order chi connectivity index (χ1) is 8.81. The number of hydrogen-bond donors (Lipinski definition) is 1. The highest BCUT2D eigenvalue weighted by molar-refractivity contribution is 5.36. The van der Waals surface area contributed by atoms with Crippen LogP contribution in [0.4, 0.5) is 0 Å². The number of benzene rings is 1. The van der Waals surface area contributed by atoms with Gasteiger partial charge in [-0.2, -0.15) is 0 Å². The van der Waals surface area contributed by atoms with Crippen LogP contribution in [0.1, 0.15) is 31.9 Å². The quantitative estimate of drug-likeness (QED) is 0.822. The van der Waals surface area contributed by atoms with E-state index in [-0.39, 0.29) is 5.54 Å². The van der Waals surface area contributed by atoms with Crippen LogP contribution in [0.3, 0.4) is 0 Å². The fourth-order valence-corrected chi connectivity index (χ4v) is 2.28. The highest BCUT2D eigenvalue weighted by Crippen LogP contribution is 2.19. The van der Waals surface area contributed by atoms with Gasteiger partial charge in [-0.25, -0.2) is 0 Å². The molecule has 2 N–H and O–H groups in total. The van der Waals surface area contributed by atoms with Crippen LogP contribution in [0, 0.1) is 6.92 Å². The second-order valence-corrected chi connectivity index (χ2v) is 6.01. The lowest BCUT2D eigenvalue weighted by Gasteiger charge is -2.26. The molecular formula is C16H28N2O. The largest absolute Gasteiger partial charge is 0.494 e. The van der Waals surface area contributed by atoms with Gasteiger partial charge in [0.2, 0.25) is 0 Å². The third-order valence-corrected chi connectivity index (χ3v) is 3.00. The molecule has 1 aromatic carbocycles. The van der Waals surface area contributed by atoms with Crippen LogP contribution >= 0.6 is 0 Å². The summed E-state index contributed by atoms with van der Waals surface area (Å²) in [5, 5.41) is 0. The molecule has 0 saturated heterocycles. The Kier molecular flexibility index (Phi) is 5.83. The summed E-state index contributed by atoms with van der Waals surface area (Å²) >= 11 is 0. The molecule has 0 bridgehead atoms. The van der Waals surface area contributed by atoms with Crippen molar-refractivity contribution in [2.45, 2.75) is 39.7 Å². The molecule has 0 radical (unpaired) electrons. The summed E-state index contributed by atoms with van der Waals surface area (Å²) in [6, 6.07) is 6.44. The van der Waals surface area contributed by atoms with E-state index in [1.165, 1.54) is 11.1 Å². The lowest BCUT2D eigenvalue weighted by molar-refractivity contribution is 0.273. The Bertz CT molecular complexity index is 396. The fraction of sp³-hybridized carbons (Fsp3) is 0.625. The Hall–Kier alpha value is -1.06. The first-order valence-corrected chi connectivity index (χ1v) is 7.01. The monoisotopic (exact) mass is 264 g/mol. The van der Waals surface area contributed by atoms with Crippen LogP contribution in [-0.4, -0.2) is 37.2 Å². The molecule has 3 heteroatoms. The van der Waals surface area contributed by atoms with Crippen molar-refractivity contribution in [3.05, 3.63) is 29.3 Å². The molecule has 0 atom stereocenters. The molecule has 0 heterocycles. The highest BCUT2D eigenvalue weighted by atomic mass is 16.5. The van der Waals surface area contributed by atoms with Crippen LogP contribution in [0.15, 0.2) is 18.2 Å². The first-order valence-electron chi connectivity index (χ1n) is 7.01. The predicted molar refractivity (Wildman–Crippen MR) is 81.8 cm³/mol. The van der Waals surface area contributed by atoms with Gasteiger partial charge < -0.3 is 15.4 Å². The Morgan fingerprint density at radius 1 is 1.32 bits per heavy atom. The summed E-state index contributed by atoms with van der Waals surface area (Å²) in [7, 11) is 2.12. The number of nitrogens with two attached hydrogens (primary N) is 1. The zero-order valence-electron chi connectivity index (χ0n) is 13.0. The number of aryl methyl sites for hydroxylation is 1. The molecule has 0 aliphatic carbocycles. The van der Waals surface area contributed by atoms with Crippen LogP contribution in [-0.2, 0) is 6.42 Å². The third kappa shape index (κ3) is 6.08. The van der Waals surface area contributed by atoms with Crippen molar-refractivity contribution < 1.29 is 4.74 Å². The Morgan fingerprint density at radius 2 is 2.00 bits per heavy atom. The molecule has 0 aliphatic heterocycles. The summed E-state index contributed by atoms with van der Waals surface area (Å²) in [6.45, 7) is 10.9. The van der Waals surface area contributed by atoms with Crippen molar-refractivity contribution in [3.63, 3.8) is 0 Å². The standard InChI is InChI=1S/C16H28N2O/c1-6-19-15-8-7-14(11-13(15)2)9-10-18(5)12-16(3,4)17/h7-8,11H,6,9-10,12,17H2,1-5H3. The van der Waals surface area contributed by atoms with Crippen LogP contribution < -0.4 is 10.5 Å². The number of nitrogens with zero attached hydrogens (tertiary/aromatic N) is 1. The second kappa shape index (κ2) is 6.92. The van der Waals surface area contributed by atoms with Gasteiger partial charge in [0, 0.05) is 18.6 Å². The van der Waals surface area contributed by atoms with Gasteiger partial charge >= 0.3 is 0 Å². The average molecular weight is 264 g/mol. The van der Waals surface area contributed by atoms with Gasteiger partial charge in [-0.15, -0.1) is 0 Å². The lowest BCUT2D eigenvalue weighted by atomic mass is 10.1. The van der Waals surface area contributed by atoms with Gasteiger partial charge in [0.1, 0.15) is 5.75 Å². The van der Waals surface area contributed by atoms with Gasteiger partial charge in [0.15, 0.2) is 0 Å². The maximum absolute atomic E-state index is 6.02. The van der Waals surface area contributed by atoms with Crippen molar-refractivity contribution in [3.8, 4) is 5.75 Å². The van der Waals surface area contributed by atoms with E-state index in [4.69, 9.17) is 10.5 Å². The van der Waals surface area contributed by atoms with Gasteiger partial charge in [-0.3, -0.25) is 0 Å². The molecule has 1 rings (SSSR count). The average Bonchev–Trinajstić information content (AvgIpc) is 2.27. The minimum atomic E-state index is -0.135. The predicted octanol–water partition coefficient (Wildman–Crippen LogP) is 2.61. The molecule has 108 valence electrons. The Labute approximate surface area is 117 Å². The van der Waals surface area contributed by atoms with Gasteiger partial charge in [0.05, 0.1) is 6.61 Å². The van der Waals surface area contributed by atoms with Crippen LogP contribution in [0.25, 0.3) is 0 Å². The van der Waals surface area contributed by atoms with Crippen LogP contribution in [0.2, 0.25) is 0 Å². The molecule has 1 aromatic rings. The normalized spacial score (nSPS) is 11.9. The second-order valence-electron chi connectivity index (χ2n) is 6.01. The summed E-state index contributed by atoms with van der Waals surface area (Å²) in [6.07, 6.45) is 1.04. The van der Waals surface area contributed by atoms with E-state index < -0.39 is 0 Å². The van der Waals surface area contributed by atoms with Crippen molar-refractivity contribution in [1.82, 2.24) is 4.90 Å². The van der Waals surface area contributed by atoms with Crippen molar-refractivity contribution in [2.24, 2.45) is 5.73 Å². The minimum absolute atomic E-state index is 0.135. The third-order valence-electron chi connectivity index (χ3n) is 3.00. The molecule has 0 aliphatic rings. The minimum Gasteiger partial charge on any atom is -0.494 e.